The number of imidazole rings is 1. The van der Waals surface area contributed by atoms with Gasteiger partial charge in [-0.15, -0.1) is 0 Å². The summed E-state index contributed by atoms with van der Waals surface area (Å²) in [5.41, 5.74) is 0. The first-order valence-corrected chi connectivity index (χ1v) is 7.40. The second-order valence-electron chi connectivity index (χ2n) is 3.76. The van der Waals surface area contributed by atoms with Crippen LogP contribution in [0.3, 0.4) is 0 Å². The van der Waals surface area contributed by atoms with E-state index >= 15 is 0 Å². The third-order valence-electron chi connectivity index (χ3n) is 2.57. The van der Waals surface area contributed by atoms with Crippen LogP contribution < -0.4 is 0 Å². The van der Waals surface area contributed by atoms with Gasteiger partial charge in [-0.25, -0.2) is 13.4 Å². The number of rotatable bonds is 4. The summed E-state index contributed by atoms with van der Waals surface area (Å²) in [4.78, 5) is 4.04. The summed E-state index contributed by atoms with van der Waals surface area (Å²) in [6, 6.07) is -0.104. The van der Waals surface area contributed by atoms with Crippen molar-refractivity contribution in [1.29, 1.82) is 0 Å². The SMILES string of the molecule is Cc1nc(S(=O)(=O)N(C)C(C)CBr)cn1C. The van der Waals surface area contributed by atoms with Crippen molar-refractivity contribution in [2.24, 2.45) is 7.05 Å². The van der Waals surface area contributed by atoms with Gasteiger partial charge < -0.3 is 4.57 Å². The molecule has 0 radical (unpaired) electrons. The highest BCUT2D eigenvalue weighted by atomic mass is 79.9. The van der Waals surface area contributed by atoms with Gasteiger partial charge in [0.05, 0.1) is 0 Å². The largest absolute Gasteiger partial charge is 0.337 e. The minimum absolute atomic E-state index is 0.0998. The lowest BCUT2D eigenvalue weighted by molar-refractivity contribution is 0.414. The topological polar surface area (TPSA) is 55.2 Å². The predicted octanol–water partition coefficient (Wildman–Crippen LogP) is 1.13. The van der Waals surface area contributed by atoms with Crippen molar-refractivity contribution in [3.8, 4) is 0 Å². The van der Waals surface area contributed by atoms with Crippen molar-refractivity contribution in [1.82, 2.24) is 13.9 Å². The fourth-order valence-corrected chi connectivity index (χ4v) is 3.14. The van der Waals surface area contributed by atoms with Gasteiger partial charge in [0.15, 0.2) is 5.03 Å². The molecule has 0 N–H and O–H groups in total. The number of hydrogen-bond acceptors (Lipinski definition) is 3. The zero-order chi connectivity index (χ0) is 12.5. The predicted molar refractivity (Wildman–Crippen MR) is 66.1 cm³/mol. The van der Waals surface area contributed by atoms with E-state index in [0.29, 0.717) is 11.2 Å². The first-order chi connectivity index (χ1) is 7.30. The Bertz CT molecular complexity index is 450. The molecule has 5 nitrogen and oxygen atoms in total. The van der Waals surface area contributed by atoms with E-state index < -0.39 is 10.0 Å². The van der Waals surface area contributed by atoms with Crippen molar-refractivity contribution in [3.05, 3.63) is 12.0 Å². The average Bonchev–Trinajstić information content (AvgIpc) is 2.57. The van der Waals surface area contributed by atoms with E-state index in [2.05, 4.69) is 20.9 Å². The maximum Gasteiger partial charge on any atom is 0.262 e. The van der Waals surface area contributed by atoms with Gasteiger partial charge in [0.1, 0.15) is 5.82 Å². The van der Waals surface area contributed by atoms with Crippen LogP contribution >= 0.6 is 15.9 Å². The first kappa shape index (κ1) is 13.7. The van der Waals surface area contributed by atoms with E-state index in [9.17, 15) is 8.42 Å². The molecule has 0 aliphatic carbocycles. The number of sulfonamides is 1. The zero-order valence-electron chi connectivity index (χ0n) is 9.81. The molecule has 0 spiro atoms. The number of hydrogen-bond donors (Lipinski definition) is 0. The van der Waals surface area contributed by atoms with E-state index in [0.717, 1.165) is 0 Å². The van der Waals surface area contributed by atoms with E-state index in [1.807, 2.05) is 6.92 Å². The Hall–Kier alpha value is -0.400. The fraction of sp³-hybridized carbons (Fsp3) is 0.667. The van der Waals surface area contributed by atoms with Gasteiger partial charge in [-0.2, -0.15) is 4.31 Å². The molecule has 0 bridgehead atoms. The fourth-order valence-electron chi connectivity index (χ4n) is 1.13. The van der Waals surface area contributed by atoms with Crippen LogP contribution in [-0.2, 0) is 17.1 Å². The highest BCUT2D eigenvalue weighted by Gasteiger charge is 2.27. The number of alkyl halides is 1. The molecule has 0 saturated heterocycles. The van der Waals surface area contributed by atoms with E-state index in [1.165, 1.54) is 10.5 Å². The molecule has 1 aromatic heterocycles. The quantitative estimate of drug-likeness (QED) is 0.784. The molecule has 0 aromatic carbocycles. The monoisotopic (exact) mass is 309 g/mol. The molecular formula is C9H16BrN3O2S. The molecule has 0 fully saturated rings. The van der Waals surface area contributed by atoms with Crippen LogP contribution in [0.4, 0.5) is 0 Å². The first-order valence-electron chi connectivity index (χ1n) is 4.84. The standard InChI is InChI=1S/C9H16BrN3O2S/c1-7(5-10)13(4)16(14,15)9-6-12(3)8(2)11-9/h6-7H,5H2,1-4H3. The molecule has 0 aliphatic heterocycles. The second kappa shape index (κ2) is 4.85. The lowest BCUT2D eigenvalue weighted by Crippen LogP contribution is -2.36. The molecule has 1 aromatic rings. The number of nitrogens with zero attached hydrogens (tertiary/aromatic N) is 3. The molecule has 1 heterocycles. The molecule has 1 rings (SSSR count). The van der Waals surface area contributed by atoms with Crippen LogP contribution in [0, 0.1) is 6.92 Å². The summed E-state index contributed by atoms with van der Waals surface area (Å²) in [6.45, 7) is 3.61. The normalized spacial score (nSPS) is 14.4. The molecule has 1 unspecified atom stereocenters. The van der Waals surface area contributed by atoms with Gasteiger partial charge in [-0.3, -0.25) is 0 Å². The zero-order valence-corrected chi connectivity index (χ0v) is 12.2. The molecular weight excluding hydrogens is 294 g/mol. The lowest BCUT2D eigenvalue weighted by Gasteiger charge is -2.21. The maximum atomic E-state index is 12.1. The van der Waals surface area contributed by atoms with Crippen molar-refractivity contribution < 1.29 is 8.42 Å². The molecule has 1 atom stereocenters. The Kier molecular flexibility index (Phi) is 4.14. The Morgan fingerprint density at radius 2 is 2.19 bits per heavy atom. The van der Waals surface area contributed by atoms with E-state index in [1.54, 1.807) is 25.6 Å². The number of aromatic nitrogens is 2. The van der Waals surface area contributed by atoms with Crippen LogP contribution in [0.5, 0.6) is 0 Å². The third kappa shape index (κ3) is 2.46. The van der Waals surface area contributed by atoms with Crippen LogP contribution in [0.15, 0.2) is 11.2 Å². The van der Waals surface area contributed by atoms with Crippen LogP contribution in [0.2, 0.25) is 0 Å². The summed E-state index contributed by atoms with van der Waals surface area (Å²) in [6.07, 6.45) is 1.53. The van der Waals surface area contributed by atoms with Crippen LogP contribution in [0.25, 0.3) is 0 Å². The second-order valence-corrected chi connectivity index (χ2v) is 6.35. The highest BCUT2D eigenvalue weighted by Crippen LogP contribution is 2.16. The van der Waals surface area contributed by atoms with Gasteiger partial charge in [0, 0.05) is 31.7 Å². The summed E-state index contributed by atoms with van der Waals surface area (Å²) >= 11 is 3.27. The van der Waals surface area contributed by atoms with E-state index in [-0.39, 0.29) is 11.1 Å². The third-order valence-corrected chi connectivity index (χ3v) is 5.35. The summed E-state index contributed by atoms with van der Waals surface area (Å²) in [5.74, 6) is 0.679. The number of aryl methyl sites for hydroxylation is 2. The van der Waals surface area contributed by atoms with Gasteiger partial charge in [-0.05, 0) is 13.8 Å². The van der Waals surface area contributed by atoms with Gasteiger partial charge in [0.25, 0.3) is 10.0 Å². The minimum atomic E-state index is -3.48. The molecule has 7 heteroatoms. The van der Waals surface area contributed by atoms with Gasteiger partial charge in [-0.1, -0.05) is 15.9 Å². The molecule has 0 saturated carbocycles. The molecule has 92 valence electrons. The van der Waals surface area contributed by atoms with Crippen molar-refractivity contribution in [2.75, 3.05) is 12.4 Å². The maximum absolute atomic E-state index is 12.1. The molecule has 0 aliphatic rings. The molecule has 0 amide bonds. The summed E-state index contributed by atoms with van der Waals surface area (Å²) in [5, 5.41) is 0.692. The average molecular weight is 310 g/mol. The van der Waals surface area contributed by atoms with Crippen molar-refractivity contribution in [2.45, 2.75) is 24.9 Å². The van der Waals surface area contributed by atoms with E-state index in [4.69, 9.17) is 0 Å². The Labute approximate surface area is 105 Å². The Balaban J connectivity index is 3.11. The lowest BCUT2D eigenvalue weighted by atomic mass is 10.4. The van der Waals surface area contributed by atoms with Crippen LogP contribution in [-0.4, -0.2) is 40.7 Å². The highest BCUT2D eigenvalue weighted by molar-refractivity contribution is 9.09. The minimum Gasteiger partial charge on any atom is -0.337 e. The Morgan fingerprint density at radius 3 is 2.56 bits per heavy atom. The molecule has 16 heavy (non-hydrogen) atoms. The van der Waals surface area contributed by atoms with Crippen molar-refractivity contribution in [3.63, 3.8) is 0 Å². The smallest absolute Gasteiger partial charge is 0.262 e. The number of halogens is 1. The van der Waals surface area contributed by atoms with Gasteiger partial charge in [0.2, 0.25) is 0 Å². The Morgan fingerprint density at radius 1 is 1.62 bits per heavy atom. The summed E-state index contributed by atoms with van der Waals surface area (Å²) in [7, 11) is -0.147. The van der Waals surface area contributed by atoms with Crippen LogP contribution in [0.1, 0.15) is 12.7 Å². The summed E-state index contributed by atoms with van der Waals surface area (Å²) < 4.78 is 27.3. The van der Waals surface area contributed by atoms with Gasteiger partial charge >= 0.3 is 0 Å². The van der Waals surface area contributed by atoms with Crippen molar-refractivity contribution >= 4 is 26.0 Å².